The highest BCUT2D eigenvalue weighted by atomic mass is 16.5. The van der Waals surface area contributed by atoms with E-state index in [-0.39, 0.29) is 24.5 Å². The molecule has 1 aromatic heterocycles. The lowest BCUT2D eigenvalue weighted by Crippen LogP contribution is -2.32. The van der Waals surface area contributed by atoms with Gasteiger partial charge in [0.25, 0.3) is 5.91 Å². The van der Waals surface area contributed by atoms with Crippen molar-refractivity contribution in [3.63, 3.8) is 0 Å². The maximum Gasteiger partial charge on any atom is 0.327 e. The fourth-order valence-electron chi connectivity index (χ4n) is 2.75. The Morgan fingerprint density at radius 1 is 1.40 bits per heavy atom. The van der Waals surface area contributed by atoms with Crippen molar-refractivity contribution in [2.45, 2.75) is 32.4 Å². The highest BCUT2D eigenvalue weighted by Crippen LogP contribution is 2.28. The Labute approximate surface area is 117 Å². The molecule has 1 atom stereocenters. The second kappa shape index (κ2) is 5.11. The van der Waals surface area contributed by atoms with Crippen molar-refractivity contribution in [1.29, 1.82) is 0 Å². The number of urea groups is 1. The molecule has 0 saturated carbocycles. The zero-order valence-corrected chi connectivity index (χ0v) is 11.4. The minimum Gasteiger partial charge on any atom is -0.492 e. The molecule has 2 fully saturated rings. The molecule has 6 heteroatoms. The topological polar surface area (TPSA) is 62.7 Å². The fourth-order valence-corrected chi connectivity index (χ4v) is 2.75. The Kier molecular flexibility index (Phi) is 3.30. The van der Waals surface area contributed by atoms with Crippen molar-refractivity contribution >= 4 is 11.9 Å². The fraction of sp³-hybridized carbons (Fsp3) is 0.500. The summed E-state index contributed by atoms with van der Waals surface area (Å²) in [6.07, 6.45) is 3.31. The second-order valence-electron chi connectivity index (χ2n) is 4.98. The molecule has 106 valence electrons. The summed E-state index contributed by atoms with van der Waals surface area (Å²) in [5, 5.41) is 0. The molecule has 6 nitrogen and oxygen atoms in total. The number of ether oxygens (including phenoxy) is 1. The number of imide groups is 1. The molecule has 20 heavy (non-hydrogen) atoms. The summed E-state index contributed by atoms with van der Waals surface area (Å²) in [6, 6.07) is 3.16. The lowest BCUT2D eigenvalue weighted by Gasteiger charge is -2.15. The Bertz CT molecular complexity index is 507. The van der Waals surface area contributed by atoms with Crippen LogP contribution in [0, 0.1) is 0 Å². The van der Waals surface area contributed by atoms with Crippen LogP contribution in [-0.4, -0.2) is 45.9 Å². The number of rotatable bonds is 4. The highest BCUT2D eigenvalue weighted by molar-refractivity contribution is 6.04. The van der Waals surface area contributed by atoms with E-state index in [0.717, 1.165) is 12.8 Å². The molecule has 0 N–H and O–H groups in total. The molecular formula is C14H17N3O3. The van der Waals surface area contributed by atoms with E-state index in [1.807, 2.05) is 6.92 Å². The molecule has 0 radical (unpaired) electrons. The summed E-state index contributed by atoms with van der Waals surface area (Å²) in [4.78, 5) is 31.5. The van der Waals surface area contributed by atoms with Gasteiger partial charge in [-0.15, -0.1) is 0 Å². The van der Waals surface area contributed by atoms with Crippen LogP contribution in [0.2, 0.25) is 0 Å². The third kappa shape index (κ3) is 2.11. The van der Waals surface area contributed by atoms with Crippen LogP contribution in [0.25, 0.3) is 0 Å². The van der Waals surface area contributed by atoms with Gasteiger partial charge in [0.2, 0.25) is 0 Å². The van der Waals surface area contributed by atoms with Crippen molar-refractivity contribution in [3.05, 3.63) is 24.0 Å². The first-order valence-corrected chi connectivity index (χ1v) is 6.90. The van der Waals surface area contributed by atoms with Crippen LogP contribution in [0.4, 0.5) is 4.79 Å². The Balaban J connectivity index is 1.71. The largest absolute Gasteiger partial charge is 0.492 e. The van der Waals surface area contributed by atoms with Gasteiger partial charge in [0.15, 0.2) is 0 Å². The van der Waals surface area contributed by atoms with Gasteiger partial charge in [-0.25, -0.2) is 4.79 Å². The molecule has 0 bridgehead atoms. The summed E-state index contributed by atoms with van der Waals surface area (Å²) in [5.41, 5.74) is 0.691. The van der Waals surface area contributed by atoms with Gasteiger partial charge < -0.3 is 9.64 Å². The summed E-state index contributed by atoms with van der Waals surface area (Å²) < 4.78 is 5.32. The van der Waals surface area contributed by atoms with Gasteiger partial charge >= 0.3 is 6.03 Å². The van der Waals surface area contributed by atoms with Crippen LogP contribution in [0.5, 0.6) is 5.75 Å². The smallest absolute Gasteiger partial charge is 0.327 e. The van der Waals surface area contributed by atoms with Gasteiger partial charge in [-0.2, -0.15) is 0 Å². The van der Waals surface area contributed by atoms with E-state index in [1.165, 1.54) is 4.90 Å². The molecule has 3 amide bonds. The molecule has 2 saturated heterocycles. The van der Waals surface area contributed by atoms with E-state index in [0.29, 0.717) is 24.6 Å². The average molecular weight is 275 g/mol. The monoisotopic (exact) mass is 275 g/mol. The molecule has 2 aliphatic heterocycles. The van der Waals surface area contributed by atoms with Gasteiger partial charge in [0.05, 0.1) is 25.0 Å². The predicted molar refractivity (Wildman–Crippen MR) is 71.1 cm³/mol. The number of aromatic nitrogens is 1. The number of carbonyl (C=O) groups is 2. The minimum absolute atomic E-state index is 0.0943. The zero-order chi connectivity index (χ0) is 14.1. The number of amides is 3. The predicted octanol–water partition coefficient (Wildman–Crippen LogP) is 1.41. The van der Waals surface area contributed by atoms with Crippen molar-refractivity contribution in [2.24, 2.45) is 0 Å². The van der Waals surface area contributed by atoms with Gasteiger partial charge in [-0.05, 0) is 31.9 Å². The first kappa shape index (κ1) is 12.9. The number of nitrogens with zero attached hydrogens (tertiary/aromatic N) is 3. The van der Waals surface area contributed by atoms with Crippen LogP contribution < -0.4 is 4.74 Å². The molecular weight excluding hydrogens is 258 g/mol. The van der Waals surface area contributed by atoms with Crippen LogP contribution in [-0.2, 0) is 11.3 Å². The third-order valence-electron chi connectivity index (χ3n) is 3.71. The van der Waals surface area contributed by atoms with E-state index >= 15 is 0 Å². The average Bonchev–Trinajstić information content (AvgIpc) is 3.01. The van der Waals surface area contributed by atoms with E-state index in [2.05, 4.69) is 4.98 Å². The highest BCUT2D eigenvalue weighted by Gasteiger charge is 2.47. The SMILES string of the molecule is CCOc1ccc(CN2C(=O)[C@@H]3CCCN3C2=O)nc1. The van der Waals surface area contributed by atoms with Gasteiger partial charge in [-0.1, -0.05) is 0 Å². The number of fused-ring (bicyclic) bond motifs is 1. The zero-order valence-electron chi connectivity index (χ0n) is 11.4. The van der Waals surface area contributed by atoms with Crippen LogP contribution in [0.3, 0.4) is 0 Å². The molecule has 3 heterocycles. The van der Waals surface area contributed by atoms with E-state index in [9.17, 15) is 9.59 Å². The number of pyridine rings is 1. The quantitative estimate of drug-likeness (QED) is 0.779. The molecule has 0 spiro atoms. The van der Waals surface area contributed by atoms with Gasteiger partial charge in [-0.3, -0.25) is 14.7 Å². The van der Waals surface area contributed by atoms with Crippen LogP contribution in [0.1, 0.15) is 25.5 Å². The minimum atomic E-state index is -0.245. The third-order valence-corrected chi connectivity index (χ3v) is 3.71. The van der Waals surface area contributed by atoms with Crippen LogP contribution >= 0.6 is 0 Å². The Morgan fingerprint density at radius 2 is 2.25 bits per heavy atom. The van der Waals surface area contributed by atoms with Gasteiger partial charge in [0, 0.05) is 6.54 Å². The molecule has 0 aromatic carbocycles. The number of carbonyl (C=O) groups excluding carboxylic acids is 2. The lowest BCUT2D eigenvalue weighted by molar-refractivity contribution is -0.128. The number of hydrogen-bond donors (Lipinski definition) is 0. The number of hydrogen-bond acceptors (Lipinski definition) is 4. The standard InChI is InChI=1S/C14H17N3O3/c1-2-20-11-6-5-10(15-8-11)9-17-13(18)12-4-3-7-16(12)14(17)19/h5-6,8,12H,2-4,7,9H2,1H3/t12-/m0/s1. The Hall–Kier alpha value is -2.11. The summed E-state index contributed by atoms with van der Waals surface area (Å²) >= 11 is 0. The van der Waals surface area contributed by atoms with E-state index in [1.54, 1.807) is 23.2 Å². The first-order chi connectivity index (χ1) is 9.70. The maximum absolute atomic E-state index is 12.2. The van der Waals surface area contributed by atoms with Crippen molar-refractivity contribution in [3.8, 4) is 5.75 Å². The molecule has 2 aliphatic rings. The summed E-state index contributed by atoms with van der Waals surface area (Å²) in [7, 11) is 0. The van der Waals surface area contributed by atoms with Crippen molar-refractivity contribution in [1.82, 2.24) is 14.8 Å². The summed E-state index contributed by atoms with van der Waals surface area (Å²) in [6.45, 7) is 3.41. The molecule has 3 rings (SSSR count). The van der Waals surface area contributed by atoms with Crippen molar-refractivity contribution in [2.75, 3.05) is 13.2 Å². The maximum atomic E-state index is 12.2. The van der Waals surface area contributed by atoms with Gasteiger partial charge in [0.1, 0.15) is 11.8 Å². The van der Waals surface area contributed by atoms with Crippen LogP contribution in [0.15, 0.2) is 18.3 Å². The molecule has 0 unspecified atom stereocenters. The second-order valence-corrected chi connectivity index (χ2v) is 4.98. The van der Waals surface area contributed by atoms with E-state index < -0.39 is 0 Å². The molecule has 0 aliphatic carbocycles. The van der Waals surface area contributed by atoms with E-state index in [4.69, 9.17) is 4.74 Å². The lowest BCUT2D eigenvalue weighted by atomic mass is 10.2. The Morgan fingerprint density at radius 3 is 2.90 bits per heavy atom. The molecule has 1 aromatic rings. The normalized spacial score (nSPS) is 21.6. The van der Waals surface area contributed by atoms with Crippen molar-refractivity contribution < 1.29 is 14.3 Å². The first-order valence-electron chi connectivity index (χ1n) is 6.90. The summed E-state index contributed by atoms with van der Waals surface area (Å²) in [5.74, 6) is 0.596.